The van der Waals surface area contributed by atoms with Gasteiger partial charge in [0.1, 0.15) is 0 Å². The summed E-state index contributed by atoms with van der Waals surface area (Å²) in [5, 5.41) is 3.45. The standard InChI is InChI=1S/C14H21N/c1-4-13(11-15-12(2)3)10-14-8-6-5-7-9-14/h5-10,12,15H,4,11H2,1-3H3. The van der Waals surface area contributed by atoms with E-state index in [0.717, 1.165) is 13.0 Å². The molecule has 0 saturated heterocycles. The van der Waals surface area contributed by atoms with Crippen LogP contribution in [-0.4, -0.2) is 12.6 Å². The van der Waals surface area contributed by atoms with Crippen LogP contribution in [0.4, 0.5) is 0 Å². The van der Waals surface area contributed by atoms with Gasteiger partial charge in [-0.3, -0.25) is 0 Å². The Bertz CT molecular complexity index is 298. The molecule has 0 aromatic heterocycles. The van der Waals surface area contributed by atoms with Crippen molar-refractivity contribution >= 4 is 6.08 Å². The zero-order chi connectivity index (χ0) is 11.1. The second-order valence-electron chi connectivity index (χ2n) is 4.10. The average molecular weight is 203 g/mol. The van der Waals surface area contributed by atoms with Crippen molar-refractivity contribution in [1.29, 1.82) is 0 Å². The first-order valence-electron chi connectivity index (χ1n) is 5.70. The Labute approximate surface area is 93.2 Å². The molecule has 0 atom stereocenters. The molecule has 0 spiro atoms. The second kappa shape index (κ2) is 6.41. The minimum atomic E-state index is 0.552. The quantitative estimate of drug-likeness (QED) is 0.772. The highest BCUT2D eigenvalue weighted by atomic mass is 14.9. The van der Waals surface area contributed by atoms with Crippen LogP contribution in [0.15, 0.2) is 35.9 Å². The summed E-state index contributed by atoms with van der Waals surface area (Å²) in [4.78, 5) is 0. The Balaban J connectivity index is 2.62. The van der Waals surface area contributed by atoms with E-state index in [-0.39, 0.29) is 0 Å². The van der Waals surface area contributed by atoms with Crippen molar-refractivity contribution in [3.8, 4) is 0 Å². The van der Waals surface area contributed by atoms with Crippen molar-refractivity contribution in [1.82, 2.24) is 5.32 Å². The van der Waals surface area contributed by atoms with Gasteiger partial charge in [0.15, 0.2) is 0 Å². The highest BCUT2D eigenvalue weighted by Crippen LogP contribution is 2.08. The van der Waals surface area contributed by atoms with Crippen molar-refractivity contribution in [2.24, 2.45) is 0 Å². The first kappa shape index (κ1) is 12.0. The zero-order valence-corrected chi connectivity index (χ0v) is 9.96. The summed E-state index contributed by atoms with van der Waals surface area (Å²) < 4.78 is 0. The van der Waals surface area contributed by atoms with E-state index in [0.29, 0.717) is 6.04 Å². The topological polar surface area (TPSA) is 12.0 Å². The third-order valence-electron chi connectivity index (χ3n) is 2.36. The molecule has 1 rings (SSSR count). The van der Waals surface area contributed by atoms with E-state index in [1.54, 1.807) is 0 Å². The van der Waals surface area contributed by atoms with Gasteiger partial charge in [-0.25, -0.2) is 0 Å². The lowest BCUT2D eigenvalue weighted by molar-refractivity contribution is 0.617. The van der Waals surface area contributed by atoms with Crippen molar-refractivity contribution in [2.45, 2.75) is 33.2 Å². The SMILES string of the molecule is CCC(=Cc1ccccc1)CNC(C)C. The Morgan fingerprint density at radius 2 is 1.93 bits per heavy atom. The lowest BCUT2D eigenvalue weighted by atomic mass is 10.1. The van der Waals surface area contributed by atoms with Gasteiger partial charge in [-0.05, 0) is 12.0 Å². The molecule has 15 heavy (non-hydrogen) atoms. The summed E-state index contributed by atoms with van der Waals surface area (Å²) in [5.41, 5.74) is 2.75. The molecule has 1 aromatic rings. The highest BCUT2D eigenvalue weighted by molar-refractivity contribution is 5.52. The normalized spacial score (nSPS) is 12.1. The number of hydrogen-bond donors (Lipinski definition) is 1. The molecule has 1 heteroatoms. The summed E-state index contributed by atoms with van der Waals surface area (Å²) in [7, 11) is 0. The molecule has 0 radical (unpaired) electrons. The lowest BCUT2D eigenvalue weighted by Gasteiger charge is -2.10. The van der Waals surface area contributed by atoms with Crippen LogP contribution in [0.25, 0.3) is 6.08 Å². The van der Waals surface area contributed by atoms with E-state index in [2.05, 4.69) is 62.5 Å². The van der Waals surface area contributed by atoms with Crippen LogP contribution in [-0.2, 0) is 0 Å². The fourth-order valence-corrected chi connectivity index (χ4v) is 1.40. The molecule has 1 N–H and O–H groups in total. The summed E-state index contributed by atoms with van der Waals surface area (Å²) >= 11 is 0. The fourth-order valence-electron chi connectivity index (χ4n) is 1.40. The maximum absolute atomic E-state index is 3.45. The minimum Gasteiger partial charge on any atom is -0.311 e. The van der Waals surface area contributed by atoms with E-state index in [1.165, 1.54) is 11.1 Å². The predicted octanol–water partition coefficient (Wildman–Crippen LogP) is 3.48. The van der Waals surface area contributed by atoms with Gasteiger partial charge in [0.25, 0.3) is 0 Å². The first-order valence-corrected chi connectivity index (χ1v) is 5.70. The maximum atomic E-state index is 3.45. The average Bonchev–Trinajstić information content (AvgIpc) is 2.25. The van der Waals surface area contributed by atoms with Crippen molar-refractivity contribution < 1.29 is 0 Å². The summed E-state index contributed by atoms with van der Waals surface area (Å²) in [6.45, 7) is 7.55. The van der Waals surface area contributed by atoms with E-state index in [1.807, 2.05) is 0 Å². The molecule has 0 fully saturated rings. The smallest absolute Gasteiger partial charge is 0.0170 e. The zero-order valence-electron chi connectivity index (χ0n) is 9.96. The maximum Gasteiger partial charge on any atom is 0.0170 e. The summed E-state index contributed by atoms with van der Waals surface area (Å²) in [6, 6.07) is 11.0. The van der Waals surface area contributed by atoms with Gasteiger partial charge in [-0.15, -0.1) is 0 Å². The number of nitrogens with one attached hydrogen (secondary N) is 1. The third kappa shape index (κ3) is 4.80. The highest BCUT2D eigenvalue weighted by Gasteiger charge is 1.97. The van der Waals surface area contributed by atoms with Crippen LogP contribution in [0.5, 0.6) is 0 Å². The van der Waals surface area contributed by atoms with Crippen LogP contribution >= 0.6 is 0 Å². The molecular weight excluding hydrogens is 182 g/mol. The molecule has 0 bridgehead atoms. The summed E-state index contributed by atoms with van der Waals surface area (Å²) in [5.74, 6) is 0. The van der Waals surface area contributed by atoms with Crippen molar-refractivity contribution in [3.63, 3.8) is 0 Å². The number of rotatable bonds is 5. The molecule has 82 valence electrons. The van der Waals surface area contributed by atoms with E-state index in [9.17, 15) is 0 Å². The molecule has 0 amide bonds. The molecule has 1 aromatic carbocycles. The molecule has 1 nitrogen and oxygen atoms in total. The van der Waals surface area contributed by atoms with Crippen LogP contribution in [0.1, 0.15) is 32.8 Å². The second-order valence-corrected chi connectivity index (χ2v) is 4.10. The minimum absolute atomic E-state index is 0.552. The molecule has 0 aliphatic rings. The Kier molecular flexibility index (Phi) is 5.13. The predicted molar refractivity (Wildman–Crippen MR) is 67.8 cm³/mol. The fraction of sp³-hybridized carbons (Fsp3) is 0.429. The molecule has 0 heterocycles. The van der Waals surface area contributed by atoms with Gasteiger partial charge in [-0.1, -0.05) is 62.8 Å². The molecule has 0 aliphatic carbocycles. The van der Waals surface area contributed by atoms with E-state index >= 15 is 0 Å². The Hall–Kier alpha value is -1.08. The third-order valence-corrected chi connectivity index (χ3v) is 2.36. The van der Waals surface area contributed by atoms with Crippen molar-refractivity contribution in [2.75, 3.05) is 6.54 Å². The van der Waals surface area contributed by atoms with E-state index in [4.69, 9.17) is 0 Å². The number of hydrogen-bond acceptors (Lipinski definition) is 1. The van der Waals surface area contributed by atoms with Crippen LogP contribution in [0.2, 0.25) is 0 Å². The van der Waals surface area contributed by atoms with Crippen LogP contribution < -0.4 is 5.32 Å². The van der Waals surface area contributed by atoms with Gasteiger partial charge in [-0.2, -0.15) is 0 Å². The Morgan fingerprint density at radius 3 is 2.47 bits per heavy atom. The van der Waals surface area contributed by atoms with Crippen molar-refractivity contribution in [3.05, 3.63) is 41.5 Å². The lowest BCUT2D eigenvalue weighted by Crippen LogP contribution is -2.24. The number of benzene rings is 1. The first-order chi connectivity index (χ1) is 7.22. The van der Waals surface area contributed by atoms with Gasteiger partial charge in [0.05, 0.1) is 0 Å². The molecule has 0 saturated carbocycles. The molecule has 0 aliphatic heterocycles. The van der Waals surface area contributed by atoms with Crippen LogP contribution in [0, 0.1) is 0 Å². The Morgan fingerprint density at radius 1 is 1.27 bits per heavy atom. The summed E-state index contributed by atoms with van der Waals surface area (Å²) in [6.07, 6.45) is 3.38. The van der Waals surface area contributed by atoms with Gasteiger partial charge >= 0.3 is 0 Å². The molecular formula is C14H21N. The van der Waals surface area contributed by atoms with Gasteiger partial charge in [0, 0.05) is 12.6 Å². The molecule has 0 unspecified atom stereocenters. The van der Waals surface area contributed by atoms with Crippen LogP contribution in [0.3, 0.4) is 0 Å². The van der Waals surface area contributed by atoms with E-state index < -0.39 is 0 Å². The van der Waals surface area contributed by atoms with Gasteiger partial charge in [0.2, 0.25) is 0 Å². The largest absolute Gasteiger partial charge is 0.311 e. The monoisotopic (exact) mass is 203 g/mol. The van der Waals surface area contributed by atoms with Gasteiger partial charge < -0.3 is 5.32 Å².